The second-order valence-electron chi connectivity index (χ2n) is 7.96. The lowest BCUT2D eigenvalue weighted by molar-refractivity contribution is -0.132. The van der Waals surface area contributed by atoms with Crippen LogP contribution in [-0.4, -0.2) is 63.1 Å². The lowest BCUT2D eigenvalue weighted by atomic mass is 9.98. The largest absolute Gasteiger partial charge is 0.493 e. The number of amides is 1. The topological polar surface area (TPSA) is 66.4 Å². The van der Waals surface area contributed by atoms with E-state index in [0.29, 0.717) is 25.3 Å². The van der Waals surface area contributed by atoms with E-state index in [2.05, 4.69) is 27.3 Å². The number of carbonyl (C=O) groups excluding carboxylic acids is 1. The number of carbonyl (C=O) groups is 1. The maximum atomic E-state index is 12.8. The molecule has 2 aromatic rings. The minimum Gasteiger partial charge on any atom is -0.493 e. The molecule has 0 aliphatic carbocycles. The van der Waals surface area contributed by atoms with Crippen molar-refractivity contribution in [3.05, 3.63) is 59.2 Å². The van der Waals surface area contributed by atoms with Gasteiger partial charge in [-0.25, -0.2) is 0 Å². The zero-order valence-corrected chi connectivity index (χ0v) is 19.6. The van der Waals surface area contributed by atoms with Gasteiger partial charge in [0.2, 0.25) is 5.91 Å². The average molecular weight is 439 g/mol. The molecule has 0 bridgehead atoms. The first kappa shape index (κ1) is 23.4. The second-order valence-corrected chi connectivity index (χ2v) is 7.96. The molecule has 0 fully saturated rings. The molecule has 3 rings (SSSR count). The Morgan fingerprint density at radius 1 is 1.12 bits per heavy atom. The van der Waals surface area contributed by atoms with Crippen molar-refractivity contribution in [2.24, 2.45) is 4.99 Å². The minimum absolute atomic E-state index is 0.180. The highest BCUT2D eigenvalue weighted by molar-refractivity contribution is 5.80. The molecule has 1 aliphatic rings. The van der Waals surface area contributed by atoms with Gasteiger partial charge in [-0.1, -0.05) is 30.3 Å². The number of ether oxygens (including phenoxy) is 2. The molecule has 7 heteroatoms. The predicted octanol–water partition coefficient (Wildman–Crippen LogP) is 3.08. The summed E-state index contributed by atoms with van der Waals surface area (Å²) in [6.45, 7) is 2.83. The van der Waals surface area contributed by atoms with Gasteiger partial charge in [-0.3, -0.25) is 9.79 Å². The molecule has 0 unspecified atom stereocenters. The highest BCUT2D eigenvalue weighted by Crippen LogP contribution is 2.33. The molecule has 7 nitrogen and oxygen atoms in total. The predicted molar refractivity (Wildman–Crippen MR) is 127 cm³/mol. The van der Waals surface area contributed by atoms with Crippen molar-refractivity contribution >= 4 is 11.9 Å². The van der Waals surface area contributed by atoms with Gasteiger partial charge >= 0.3 is 0 Å². The van der Waals surface area contributed by atoms with Gasteiger partial charge in [0.1, 0.15) is 0 Å². The summed E-state index contributed by atoms with van der Waals surface area (Å²) in [5.41, 5.74) is 3.58. The van der Waals surface area contributed by atoms with Crippen molar-refractivity contribution in [2.75, 3.05) is 41.4 Å². The van der Waals surface area contributed by atoms with Gasteiger partial charge < -0.3 is 24.6 Å². The van der Waals surface area contributed by atoms with Crippen LogP contribution in [0.5, 0.6) is 11.5 Å². The second kappa shape index (κ2) is 11.4. The number of hydrogen-bond acceptors (Lipinski definition) is 4. The number of methoxy groups -OCH3 is 2. The number of benzene rings is 2. The van der Waals surface area contributed by atoms with E-state index in [1.165, 1.54) is 11.1 Å². The zero-order chi connectivity index (χ0) is 22.9. The van der Waals surface area contributed by atoms with Crippen LogP contribution >= 0.6 is 0 Å². The van der Waals surface area contributed by atoms with Crippen molar-refractivity contribution < 1.29 is 14.3 Å². The van der Waals surface area contributed by atoms with Crippen LogP contribution in [0.4, 0.5) is 0 Å². The third-order valence-corrected chi connectivity index (χ3v) is 5.76. The monoisotopic (exact) mass is 438 g/mol. The molecule has 1 amide bonds. The average Bonchev–Trinajstić information content (AvgIpc) is 2.83. The molecular formula is C25H34N4O3. The summed E-state index contributed by atoms with van der Waals surface area (Å²) in [4.78, 5) is 21.2. The maximum absolute atomic E-state index is 12.8. The summed E-state index contributed by atoms with van der Waals surface area (Å²) in [6, 6.07) is 14.3. The third-order valence-electron chi connectivity index (χ3n) is 5.76. The highest BCUT2D eigenvalue weighted by atomic mass is 16.5. The Kier molecular flexibility index (Phi) is 8.36. The van der Waals surface area contributed by atoms with E-state index in [1.807, 2.05) is 42.3 Å². The number of nitrogens with one attached hydrogen (secondary N) is 1. The summed E-state index contributed by atoms with van der Waals surface area (Å²) in [7, 11) is 7.07. The summed E-state index contributed by atoms with van der Waals surface area (Å²) in [5.74, 6) is 2.45. The Hall–Kier alpha value is -3.22. The minimum atomic E-state index is 0.180. The van der Waals surface area contributed by atoms with E-state index in [0.717, 1.165) is 43.2 Å². The zero-order valence-electron chi connectivity index (χ0n) is 19.6. The Labute approximate surface area is 191 Å². The molecule has 0 aromatic heterocycles. The number of fused-ring (bicyclic) bond motifs is 1. The van der Waals surface area contributed by atoms with Crippen LogP contribution in [0.2, 0.25) is 0 Å². The van der Waals surface area contributed by atoms with Crippen LogP contribution in [0.15, 0.2) is 47.5 Å². The van der Waals surface area contributed by atoms with Crippen LogP contribution in [0.1, 0.15) is 29.5 Å². The van der Waals surface area contributed by atoms with E-state index in [-0.39, 0.29) is 5.91 Å². The van der Waals surface area contributed by atoms with E-state index < -0.39 is 0 Å². The Morgan fingerprint density at radius 3 is 2.47 bits per heavy atom. The van der Waals surface area contributed by atoms with Crippen molar-refractivity contribution in [3.63, 3.8) is 0 Å². The fourth-order valence-corrected chi connectivity index (χ4v) is 4.01. The fraction of sp³-hybridized carbons (Fsp3) is 0.440. The maximum Gasteiger partial charge on any atom is 0.222 e. The van der Waals surface area contributed by atoms with Crippen LogP contribution in [0.3, 0.4) is 0 Å². The first-order valence-corrected chi connectivity index (χ1v) is 11.0. The number of guanidine groups is 1. The molecule has 172 valence electrons. The fourth-order valence-electron chi connectivity index (χ4n) is 4.01. The molecule has 1 N–H and O–H groups in total. The van der Waals surface area contributed by atoms with Crippen LogP contribution in [-0.2, 0) is 24.3 Å². The molecule has 1 heterocycles. The number of hydrogen-bond donors (Lipinski definition) is 1. The van der Waals surface area contributed by atoms with Crippen molar-refractivity contribution in [1.82, 2.24) is 15.1 Å². The van der Waals surface area contributed by atoms with Gasteiger partial charge in [0, 0.05) is 46.7 Å². The summed E-state index contributed by atoms with van der Waals surface area (Å²) < 4.78 is 10.8. The van der Waals surface area contributed by atoms with Crippen LogP contribution < -0.4 is 14.8 Å². The Bertz CT molecular complexity index is 930. The summed E-state index contributed by atoms with van der Waals surface area (Å²) >= 11 is 0. The van der Waals surface area contributed by atoms with Crippen molar-refractivity contribution in [1.29, 1.82) is 0 Å². The summed E-state index contributed by atoms with van der Waals surface area (Å²) in [6.07, 6.45) is 2.10. The molecule has 2 aromatic carbocycles. The lowest BCUT2D eigenvalue weighted by Gasteiger charge is -2.30. The highest BCUT2D eigenvalue weighted by Gasteiger charge is 2.22. The van der Waals surface area contributed by atoms with E-state index in [9.17, 15) is 4.79 Å². The van der Waals surface area contributed by atoms with Crippen LogP contribution in [0, 0.1) is 0 Å². The smallest absolute Gasteiger partial charge is 0.222 e. The molecule has 32 heavy (non-hydrogen) atoms. The molecule has 0 saturated carbocycles. The first-order valence-electron chi connectivity index (χ1n) is 11.0. The van der Waals surface area contributed by atoms with Gasteiger partial charge in [-0.05, 0) is 41.7 Å². The number of nitrogens with zero attached hydrogens (tertiary/aromatic N) is 3. The van der Waals surface area contributed by atoms with Crippen LogP contribution in [0.25, 0.3) is 0 Å². The Balaban J connectivity index is 1.46. The van der Waals surface area contributed by atoms with E-state index in [1.54, 1.807) is 21.3 Å². The van der Waals surface area contributed by atoms with Crippen molar-refractivity contribution in [3.8, 4) is 11.5 Å². The SMILES string of the molecule is CN=C(NCCCC(=O)N1CCc2cc(OC)c(OC)cc2C1)N(C)Cc1ccccc1. The number of aliphatic imine (C=N–C) groups is 1. The van der Waals surface area contributed by atoms with E-state index in [4.69, 9.17) is 9.47 Å². The van der Waals surface area contributed by atoms with Gasteiger partial charge in [0.05, 0.1) is 14.2 Å². The normalized spacial score (nSPS) is 13.4. The quantitative estimate of drug-likeness (QED) is 0.390. The van der Waals surface area contributed by atoms with Crippen molar-refractivity contribution in [2.45, 2.75) is 32.4 Å². The van der Waals surface area contributed by atoms with Gasteiger partial charge in [-0.15, -0.1) is 0 Å². The first-order chi connectivity index (χ1) is 15.5. The third kappa shape index (κ3) is 5.93. The summed E-state index contributed by atoms with van der Waals surface area (Å²) in [5, 5.41) is 3.37. The van der Waals surface area contributed by atoms with Gasteiger partial charge in [0.25, 0.3) is 0 Å². The molecule has 0 spiro atoms. The molecule has 0 saturated heterocycles. The number of rotatable bonds is 8. The van der Waals surface area contributed by atoms with E-state index >= 15 is 0 Å². The molecule has 0 radical (unpaired) electrons. The Morgan fingerprint density at radius 2 is 1.81 bits per heavy atom. The van der Waals surface area contributed by atoms with Gasteiger partial charge in [0.15, 0.2) is 17.5 Å². The lowest BCUT2D eigenvalue weighted by Crippen LogP contribution is -2.39. The molecule has 0 atom stereocenters. The van der Waals surface area contributed by atoms with Gasteiger partial charge in [-0.2, -0.15) is 0 Å². The molecular weight excluding hydrogens is 404 g/mol. The molecule has 1 aliphatic heterocycles. The standard InChI is InChI=1S/C25H34N4O3/c1-26-25(28(2)17-19-9-6-5-7-10-19)27-13-8-11-24(30)29-14-12-20-15-22(31-3)23(32-4)16-21(20)18-29/h5-7,9-10,15-16H,8,11-14,17-18H2,1-4H3,(H,26,27).